The van der Waals surface area contributed by atoms with Crippen molar-refractivity contribution in [3.05, 3.63) is 143 Å². The SMILES string of the molecule is CCCCn1c2ccc3cc2c2c1c1c4cc5ccc4n(CCCC)c1c1c4cc(ccc4n(CCCC)c21)C=N[C@@H]1CCCC[C@H]1N=Cc1ccc2c(c1)c1c4c(c6cc(ccc6n4CCCC)C=N[C@@H]4CCCC[C@H]4N=C3)c3c(c4cc(ccc4n3CCCC)C=N[C@@H]3CCCC[C@H]3N=C5)c1n2CCCC. The molecule has 12 nitrogen and oxygen atoms in total. The smallest absolute Gasteiger partial charge is 0.0723 e. The normalized spacial score (nSPS) is 19.9. The summed E-state index contributed by atoms with van der Waals surface area (Å²) in [7, 11) is 0. The summed E-state index contributed by atoms with van der Waals surface area (Å²) < 4.78 is 16.5. The van der Waals surface area contributed by atoms with Gasteiger partial charge in [0.1, 0.15) is 0 Å². The number of aryl methyl sites for hydroxylation is 6. The highest BCUT2D eigenvalue weighted by molar-refractivity contribution is 6.41. The third-order valence-electron chi connectivity index (χ3n) is 25.9. The Morgan fingerprint density at radius 3 is 0.537 bits per heavy atom. The minimum Gasteiger partial charge on any atom is -0.340 e. The Labute approximate surface area is 635 Å². The number of benzene rings is 8. The zero-order chi connectivity index (χ0) is 72.7. The third-order valence-corrected chi connectivity index (χ3v) is 25.9. The zero-order valence-corrected chi connectivity index (χ0v) is 64.9. The van der Waals surface area contributed by atoms with Crippen LogP contribution in [0.1, 0.15) is 229 Å². The fraction of sp³-hybridized carbons (Fsp3) is 0.438. The molecule has 6 aliphatic rings. The Morgan fingerprint density at radius 1 is 0.231 bits per heavy atom. The number of rotatable bonds is 18. The Balaban J connectivity index is 0.956. The molecule has 9 heterocycles. The molecular weight excluding hydrogens is 1320 g/mol. The van der Waals surface area contributed by atoms with Gasteiger partial charge in [0.25, 0.3) is 0 Å². The fourth-order valence-corrected chi connectivity index (χ4v) is 20.4. The van der Waals surface area contributed by atoms with Gasteiger partial charge in [-0.2, -0.15) is 0 Å². The van der Waals surface area contributed by atoms with Crippen molar-refractivity contribution in [1.82, 2.24) is 27.4 Å². The zero-order valence-electron chi connectivity index (χ0n) is 64.9. The molecule has 552 valence electrons. The number of unbranched alkanes of at least 4 members (excludes halogenated alkanes) is 6. The molecule has 12 heteroatoms. The van der Waals surface area contributed by atoms with Crippen molar-refractivity contribution in [3.8, 4) is 0 Å². The molecular formula is C96H108N12. The van der Waals surface area contributed by atoms with E-state index >= 15 is 0 Å². The summed E-state index contributed by atoms with van der Waals surface area (Å²) >= 11 is 0. The van der Waals surface area contributed by atoms with Gasteiger partial charge in [-0.1, -0.05) is 155 Å². The summed E-state index contributed by atoms with van der Waals surface area (Å²) in [4.78, 5) is 34.2. The van der Waals surface area contributed by atoms with Crippen LogP contribution in [0.25, 0.3) is 131 Å². The molecule has 0 N–H and O–H groups in total. The first kappa shape index (κ1) is 69.1. The van der Waals surface area contributed by atoms with Gasteiger partial charge in [0, 0.05) is 174 Å². The van der Waals surface area contributed by atoms with Crippen molar-refractivity contribution < 1.29 is 0 Å². The average molecular weight is 1430 g/mol. The Hall–Kier alpha value is -9.42. The van der Waals surface area contributed by atoms with Crippen LogP contribution in [-0.4, -0.2) is 101 Å². The third kappa shape index (κ3) is 11.6. The van der Waals surface area contributed by atoms with E-state index in [0.717, 1.165) is 227 Å². The lowest BCUT2D eigenvalue weighted by atomic mass is 9.91. The van der Waals surface area contributed by atoms with E-state index < -0.39 is 0 Å². The van der Waals surface area contributed by atoms with E-state index in [1.54, 1.807) is 0 Å². The molecule has 0 radical (unpaired) electrons. The summed E-state index contributed by atoms with van der Waals surface area (Å²) in [6.07, 6.45) is 39.5. The molecule has 8 aromatic carbocycles. The minimum atomic E-state index is 0.0645. The van der Waals surface area contributed by atoms with Crippen LogP contribution in [0.2, 0.25) is 0 Å². The van der Waals surface area contributed by atoms with Gasteiger partial charge in [0.05, 0.1) is 69.4 Å². The van der Waals surface area contributed by atoms with Crippen molar-refractivity contribution in [2.45, 2.75) is 271 Å². The van der Waals surface area contributed by atoms with Crippen LogP contribution >= 0.6 is 0 Å². The Kier molecular flexibility index (Phi) is 18.7. The number of hydrogen-bond acceptors (Lipinski definition) is 6. The van der Waals surface area contributed by atoms with Crippen LogP contribution in [0.3, 0.4) is 0 Å². The largest absolute Gasteiger partial charge is 0.340 e. The van der Waals surface area contributed by atoms with Crippen molar-refractivity contribution in [2.24, 2.45) is 30.0 Å². The van der Waals surface area contributed by atoms with Gasteiger partial charge < -0.3 is 27.4 Å². The van der Waals surface area contributed by atoms with Crippen molar-refractivity contribution in [3.63, 3.8) is 0 Å². The number of hydrogen-bond donors (Lipinski definition) is 0. The van der Waals surface area contributed by atoms with Crippen molar-refractivity contribution in [2.75, 3.05) is 0 Å². The molecule has 0 amide bonds. The monoisotopic (exact) mass is 1430 g/mol. The van der Waals surface area contributed by atoms with Gasteiger partial charge in [0.2, 0.25) is 0 Å². The van der Waals surface area contributed by atoms with E-state index in [9.17, 15) is 0 Å². The lowest BCUT2D eigenvalue weighted by molar-refractivity contribution is 0.390. The first-order valence-corrected chi connectivity index (χ1v) is 42.5. The van der Waals surface area contributed by atoms with E-state index in [0.29, 0.717) is 0 Å². The highest BCUT2D eigenvalue weighted by Gasteiger charge is 2.33. The van der Waals surface area contributed by atoms with Crippen LogP contribution < -0.4 is 0 Å². The lowest BCUT2D eigenvalue weighted by Crippen LogP contribution is -2.27. The molecule has 0 saturated heterocycles. The Bertz CT molecular complexity index is 5040. The van der Waals surface area contributed by atoms with Gasteiger partial charge in [0.15, 0.2) is 0 Å². The number of nitrogens with zero attached hydrogens (tertiary/aromatic N) is 12. The fourth-order valence-electron chi connectivity index (χ4n) is 20.4. The second-order valence-electron chi connectivity index (χ2n) is 33.0. The minimum absolute atomic E-state index is 0.0645. The number of aliphatic imine (C=N–C) groups is 6. The molecule has 0 spiro atoms. The highest BCUT2D eigenvalue weighted by atomic mass is 15.1. The van der Waals surface area contributed by atoms with E-state index in [2.05, 4.69) is 215 Å². The van der Waals surface area contributed by atoms with Crippen LogP contribution in [0.5, 0.6) is 0 Å². The number of aromatic nitrogens is 6. The topological polar surface area (TPSA) is 104 Å². The molecule has 3 aliphatic carbocycles. The van der Waals surface area contributed by atoms with E-state index in [-0.39, 0.29) is 36.3 Å². The second-order valence-corrected chi connectivity index (χ2v) is 33.0. The predicted octanol–water partition coefficient (Wildman–Crippen LogP) is 24.3. The maximum atomic E-state index is 5.70. The van der Waals surface area contributed by atoms with Gasteiger partial charge in [-0.05, 0) is 183 Å². The van der Waals surface area contributed by atoms with E-state index in [1.165, 1.54) is 131 Å². The van der Waals surface area contributed by atoms with Crippen LogP contribution in [0, 0.1) is 0 Å². The molecule has 14 aromatic rings. The first-order valence-electron chi connectivity index (χ1n) is 42.5. The predicted molar refractivity (Wildman–Crippen MR) is 464 cm³/mol. The van der Waals surface area contributed by atoms with E-state index in [1.807, 2.05) is 0 Å². The van der Waals surface area contributed by atoms with Crippen molar-refractivity contribution in [1.29, 1.82) is 0 Å². The lowest BCUT2D eigenvalue weighted by Gasteiger charge is -2.25. The molecule has 20 rings (SSSR count). The standard InChI is InChI=1S/C96H108N12/c1-7-13-43-103-79-37-31-61-49-67(79)85-91(103)86-68-50-62-32-38-80(68)104(44-14-8-2)93(86)87-69-51-63(33-39-81(69)105(92(85)87)45-15-9-3)57-99-77-29-23-24-30-78(77)102-60-66-36-42-84-72(54-66)90-95-88(70-52-64(34-40-82(70)106(95)46-16-10-4)58-100-74-26-20-19-25-73(74)97-55-61)94-89(96(90)108(84)48-18-12-6)71-53-65(35-41-83(71)107(94)47-17-11-5)59-101-76-28-22-21-27-75(76)98-56-62/h31-42,49-60,73-78H,7-30,43-48H2,1-6H3/t73-,74-,75-,76-,77-,78-/m1/s1. The molecule has 3 aliphatic heterocycles. The summed E-state index contributed by atoms with van der Waals surface area (Å²) in [6.45, 7) is 19.7. The van der Waals surface area contributed by atoms with Crippen LogP contribution in [-0.2, 0) is 39.3 Å². The van der Waals surface area contributed by atoms with Crippen LogP contribution in [0.4, 0.5) is 0 Å². The van der Waals surface area contributed by atoms with Gasteiger partial charge in [-0.15, -0.1) is 0 Å². The van der Waals surface area contributed by atoms with Gasteiger partial charge in [-0.25, -0.2) is 0 Å². The highest BCUT2D eigenvalue weighted by Crippen LogP contribution is 2.52. The summed E-state index contributed by atoms with van der Waals surface area (Å²) in [5, 5.41) is 16.0. The quantitative estimate of drug-likeness (QED) is 0.0817. The van der Waals surface area contributed by atoms with Crippen molar-refractivity contribution >= 4 is 168 Å². The maximum Gasteiger partial charge on any atom is 0.0723 e. The Morgan fingerprint density at radius 2 is 0.389 bits per heavy atom. The molecule has 24 bridgehead atoms. The molecule has 3 saturated carbocycles. The average Bonchev–Trinajstić information content (AvgIpc) is 1.52. The molecule has 6 atom stereocenters. The summed E-state index contributed by atoms with van der Waals surface area (Å²) in [5.74, 6) is 0. The van der Waals surface area contributed by atoms with Gasteiger partial charge in [-0.3, -0.25) is 30.0 Å². The molecule has 108 heavy (non-hydrogen) atoms. The molecule has 3 fully saturated rings. The first-order chi connectivity index (χ1) is 53.3. The van der Waals surface area contributed by atoms with Gasteiger partial charge >= 0.3 is 0 Å². The molecule has 0 unspecified atom stereocenters. The maximum absolute atomic E-state index is 5.70. The van der Waals surface area contributed by atoms with Crippen LogP contribution in [0.15, 0.2) is 139 Å². The van der Waals surface area contributed by atoms with E-state index in [4.69, 9.17) is 30.0 Å². The summed E-state index contributed by atoms with van der Waals surface area (Å²) in [5.41, 5.74) is 22.8. The molecule has 6 aromatic heterocycles. The second kappa shape index (κ2) is 29.2. The summed E-state index contributed by atoms with van der Waals surface area (Å²) in [6, 6.07) is 44.4.